The number of rotatable bonds is 4. The number of hydrazone groups is 1. The first-order chi connectivity index (χ1) is 15.2. The Labute approximate surface area is 186 Å². The van der Waals surface area contributed by atoms with Crippen LogP contribution in [0.1, 0.15) is 48.6 Å². The van der Waals surface area contributed by atoms with Crippen molar-refractivity contribution in [1.29, 1.82) is 0 Å². The number of aromatic amines is 1. The summed E-state index contributed by atoms with van der Waals surface area (Å²) in [6.45, 7) is 10.4. The predicted molar refractivity (Wildman–Crippen MR) is 126 cm³/mol. The van der Waals surface area contributed by atoms with E-state index in [2.05, 4.69) is 16.7 Å². The Morgan fingerprint density at radius 2 is 1.94 bits per heavy atom. The highest BCUT2D eigenvalue weighted by atomic mass is 19.1. The standard InChI is InChI=1S/C26H26FN3O2/c1-16-25-19(10-21(12-23(25)27)26(2,3)4)13-29-30(16)14-17-5-6-22(20(9-17)15-31)18-7-8-28-24(32)11-18/h5-13,31H,1,14-15H2,2-4H3,(H,28,32). The molecule has 0 amide bonds. The smallest absolute Gasteiger partial charge is 0.248 e. The number of benzene rings is 2. The number of fused-ring (bicyclic) bond motifs is 1. The monoisotopic (exact) mass is 431 g/mol. The van der Waals surface area contributed by atoms with E-state index in [0.717, 1.165) is 27.8 Å². The van der Waals surface area contributed by atoms with Gasteiger partial charge in [0.15, 0.2) is 0 Å². The van der Waals surface area contributed by atoms with Crippen molar-refractivity contribution in [3.8, 4) is 11.1 Å². The van der Waals surface area contributed by atoms with E-state index in [1.807, 2.05) is 45.0 Å². The molecule has 0 bridgehead atoms. The van der Waals surface area contributed by atoms with Gasteiger partial charge in [-0.15, -0.1) is 0 Å². The van der Waals surface area contributed by atoms with Gasteiger partial charge in [0, 0.05) is 23.4 Å². The Morgan fingerprint density at radius 3 is 2.62 bits per heavy atom. The van der Waals surface area contributed by atoms with Crippen LogP contribution in [-0.4, -0.2) is 21.3 Å². The number of hydrogen-bond donors (Lipinski definition) is 2. The van der Waals surface area contributed by atoms with E-state index in [1.165, 1.54) is 6.07 Å². The number of halogens is 1. The number of aromatic nitrogens is 1. The highest BCUT2D eigenvalue weighted by Gasteiger charge is 2.24. The summed E-state index contributed by atoms with van der Waals surface area (Å²) in [4.78, 5) is 14.2. The zero-order valence-corrected chi connectivity index (χ0v) is 18.4. The van der Waals surface area contributed by atoms with E-state index in [0.29, 0.717) is 23.4 Å². The Balaban J connectivity index is 1.63. The Bertz CT molecular complexity index is 1280. The van der Waals surface area contributed by atoms with Crippen LogP contribution in [0.5, 0.6) is 0 Å². The summed E-state index contributed by atoms with van der Waals surface area (Å²) in [5.41, 5.74) is 5.29. The molecule has 1 aromatic heterocycles. The lowest BCUT2D eigenvalue weighted by Gasteiger charge is -2.29. The Hall–Kier alpha value is -3.51. The molecule has 3 aromatic rings. The zero-order valence-electron chi connectivity index (χ0n) is 18.4. The minimum atomic E-state index is -0.311. The number of nitrogens with one attached hydrogen (secondary N) is 1. The second kappa shape index (κ2) is 8.20. The van der Waals surface area contributed by atoms with Crippen LogP contribution in [0.3, 0.4) is 0 Å². The summed E-state index contributed by atoms with van der Waals surface area (Å²) in [5.74, 6) is -0.311. The first kappa shape index (κ1) is 21.7. The molecule has 0 unspecified atom stereocenters. The fraction of sp³-hybridized carbons (Fsp3) is 0.231. The third kappa shape index (κ3) is 4.14. The molecule has 0 saturated carbocycles. The van der Waals surface area contributed by atoms with Gasteiger partial charge in [0.05, 0.1) is 25.1 Å². The molecule has 1 aliphatic heterocycles. The molecule has 0 saturated heterocycles. The maximum Gasteiger partial charge on any atom is 0.248 e. The van der Waals surface area contributed by atoms with Crippen molar-refractivity contribution in [3.63, 3.8) is 0 Å². The SMILES string of the molecule is C=C1c2c(F)cc(C(C)(C)C)cc2C=NN1Cc1ccc(-c2cc[nH]c(=O)c2)c(CO)c1. The van der Waals surface area contributed by atoms with Crippen molar-refractivity contribution in [2.45, 2.75) is 39.3 Å². The van der Waals surface area contributed by atoms with Crippen molar-refractivity contribution in [3.05, 3.63) is 99.2 Å². The third-order valence-corrected chi connectivity index (χ3v) is 5.68. The average Bonchev–Trinajstić information content (AvgIpc) is 2.74. The van der Waals surface area contributed by atoms with Crippen LogP contribution in [0.4, 0.5) is 4.39 Å². The van der Waals surface area contributed by atoms with Gasteiger partial charge in [0.25, 0.3) is 0 Å². The molecule has 32 heavy (non-hydrogen) atoms. The molecule has 2 heterocycles. The maximum absolute atomic E-state index is 15.0. The van der Waals surface area contributed by atoms with Gasteiger partial charge in [-0.05, 0) is 51.4 Å². The van der Waals surface area contributed by atoms with Gasteiger partial charge in [-0.1, -0.05) is 45.5 Å². The highest BCUT2D eigenvalue weighted by molar-refractivity contribution is 5.91. The van der Waals surface area contributed by atoms with E-state index in [4.69, 9.17) is 0 Å². The summed E-state index contributed by atoms with van der Waals surface area (Å²) in [6.07, 6.45) is 3.25. The van der Waals surface area contributed by atoms with Crippen LogP contribution in [0.25, 0.3) is 16.8 Å². The van der Waals surface area contributed by atoms with E-state index in [-0.39, 0.29) is 23.4 Å². The van der Waals surface area contributed by atoms with Gasteiger partial charge in [-0.2, -0.15) is 5.10 Å². The first-order valence-corrected chi connectivity index (χ1v) is 10.4. The molecule has 6 heteroatoms. The molecule has 4 rings (SSSR count). The maximum atomic E-state index is 15.0. The van der Waals surface area contributed by atoms with E-state index >= 15 is 4.39 Å². The van der Waals surface area contributed by atoms with Gasteiger partial charge >= 0.3 is 0 Å². The molecule has 0 fully saturated rings. The quantitative estimate of drug-likeness (QED) is 0.624. The molecule has 0 radical (unpaired) electrons. The number of aliphatic hydroxyl groups is 1. The van der Waals surface area contributed by atoms with Crippen molar-refractivity contribution in [2.24, 2.45) is 5.10 Å². The summed E-state index contributed by atoms with van der Waals surface area (Å²) in [5, 5.41) is 16.0. The van der Waals surface area contributed by atoms with Crippen molar-refractivity contribution < 1.29 is 9.50 Å². The summed E-state index contributed by atoms with van der Waals surface area (Å²) in [7, 11) is 0. The van der Waals surface area contributed by atoms with Crippen LogP contribution in [0.15, 0.2) is 65.1 Å². The van der Waals surface area contributed by atoms with Crippen LogP contribution in [0.2, 0.25) is 0 Å². The zero-order chi connectivity index (χ0) is 23.0. The molecular weight excluding hydrogens is 405 g/mol. The van der Waals surface area contributed by atoms with Crippen molar-refractivity contribution >= 4 is 11.9 Å². The lowest BCUT2D eigenvalue weighted by molar-refractivity contribution is 0.282. The minimum absolute atomic E-state index is 0.172. The number of H-pyrrole nitrogens is 1. The van der Waals surface area contributed by atoms with Crippen molar-refractivity contribution in [1.82, 2.24) is 9.99 Å². The second-order valence-electron chi connectivity index (χ2n) is 9.01. The molecule has 0 aliphatic carbocycles. The lowest BCUT2D eigenvalue weighted by Crippen LogP contribution is -2.22. The lowest BCUT2D eigenvalue weighted by atomic mass is 9.84. The Kier molecular flexibility index (Phi) is 5.57. The van der Waals surface area contributed by atoms with Crippen LogP contribution in [0, 0.1) is 5.82 Å². The number of nitrogens with zero attached hydrogens (tertiary/aromatic N) is 2. The van der Waals surface area contributed by atoms with Gasteiger partial charge in [0.1, 0.15) is 5.82 Å². The molecule has 0 atom stereocenters. The molecular formula is C26H26FN3O2. The van der Waals surface area contributed by atoms with Crippen LogP contribution >= 0.6 is 0 Å². The molecule has 2 aromatic carbocycles. The fourth-order valence-corrected chi connectivity index (χ4v) is 3.88. The number of pyridine rings is 1. The van der Waals surface area contributed by atoms with E-state index < -0.39 is 0 Å². The molecule has 164 valence electrons. The normalized spacial score (nSPS) is 13.4. The van der Waals surface area contributed by atoms with Crippen molar-refractivity contribution in [2.75, 3.05) is 0 Å². The summed E-state index contributed by atoms with van der Waals surface area (Å²) in [6, 6.07) is 12.5. The topological polar surface area (TPSA) is 68.7 Å². The highest BCUT2D eigenvalue weighted by Crippen LogP contribution is 2.34. The third-order valence-electron chi connectivity index (χ3n) is 5.68. The molecule has 0 spiro atoms. The Morgan fingerprint density at radius 1 is 1.16 bits per heavy atom. The van der Waals surface area contributed by atoms with E-state index in [9.17, 15) is 9.90 Å². The summed E-state index contributed by atoms with van der Waals surface area (Å²) < 4.78 is 15.0. The summed E-state index contributed by atoms with van der Waals surface area (Å²) >= 11 is 0. The largest absolute Gasteiger partial charge is 0.392 e. The van der Waals surface area contributed by atoms with Gasteiger partial charge in [-0.3, -0.25) is 9.80 Å². The molecule has 5 nitrogen and oxygen atoms in total. The van der Waals surface area contributed by atoms with Crippen LogP contribution in [-0.2, 0) is 18.6 Å². The predicted octanol–water partition coefficient (Wildman–Crippen LogP) is 4.79. The average molecular weight is 432 g/mol. The number of hydrogen-bond acceptors (Lipinski definition) is 4. The van der Waals surface area contributed by atoms with Gasteiger partial charge < -0.3 is 10.1 Å². The van der Waals surface area contributed by atoms with E-state index in [1.54, 1.807) is 29.6 Å². The second-order valence-corrected chi connectivity index (χ2v) is 9.01. The fourth-order valence-electron chi connectivity index (χ4n) is 3.88. The van der Waals surface area contributed by atoms with Gasteiger partial charge in [0.2, 0.25) is 5.56 Å². The van der Waals surface area contributed by atoms with Gasteiger partial charge in [-0.25, -0.2) is 4.39 Å². The first-order valence-electron chi connectivity index (χ1n) is 10.4. The van der Waals surface area contributed by atoms with Crippen LogP contribution < -0.4 is 5.56 Å². The molecule has 1 aliphatic rings. The minimum Gasteiger partial charge on any atom is -0.392 e. The number of aliphatic hydroxyl groups excluding tert-OH is 1. The molecule has 2 N–H and O–H groups in total.